The summed E-state index contributed by atoms with van der Waals surface area (Å²) in [6, 6.07) is 9.53. The van der Waals surface area contributed by atoms with Gasteiger partial charge in [0.2, 0.25) is 0 Å². The number of hydrogen-bond donors (Lipinski definition) is 2. The molecule has 7 nitrogen and oxygen atoms in total. The molecule has 28 heavy (non-hydrogen) atoms. The Hall–Kier alpha value is -1.94. The predicted molar refractivity (Wildman–Crippen MR) is 120 cm³/mol. The van der Waals surface area contributed by atoms with Crippen molar-refractivity contribution in [1.29, 1.82) is 0 Å². The number of nitrogens with zero attached hydrogens (tertiary/aromatic N) is 1. The third kappa shape index (κ3) is 6.59. The van der Waals surface area contributed by atoms with Gasteiger partial charge >= 0.3 is 0 Å². The Morgan fingerprint density at radius 2 is 2.07 bits per heavy atom. The van der Waals surface area contributed by atoms with Crippen LogP contribution in [0.4, 0.5) is 5.69 Å². The molecule has 1 unspecified atom stereocenters. The lowest BCUT2D eigenvalue weighted by Gasteiger charge is -2.15. The zero-order valence-electron chi connectivity index (χ0n) is 16.3. The molecular weight excluding hydrogens is 473 g/mol. The number of nitrogens with one attached hydrogen (secondary N) is 2. The molecule has 0 spiro atoms. The number of hydrogen-bond acceptors (Lipinski definition) is 5. The van der Waals surface area contributed by atoms with Gasteiger partial charge < -0.3 is 29.3 Å². The van der Waals surface area contributed by atoms with E-state index in [4.69, 9.17) is 18.6 Å². The Morgan fingerprint density at radius 1 is 1.21 bits per heavy atom. The van der Waals surface area contributed by atoms with Gasteiger partial charge in [-0.15, -0.1) is 24.0 Å². The topological polar surface area (TPSA) is 77.2 Å². The molecule has 3 rings (SSSR count). The Bertz CT molecular complexity index is 731. The van der Waals surface area contributed by atoms with E-state index in [0.717, 1.165) is 37.3 Å². The summed E-state index contributed by atoms with van der Waals surface area (Å²) in [7, 11) is 3.24. The number of furan rings is 1. The van der Waals surface area contributed by atoms with Gasteiger partial charge in [0.15, 0.2) is 17.5 Å². The summed E-state index contributed by atoms with van der Waals surface area (Å²) < 4.78 is 21.7. The molecule has 2 aromatic rings. The van der Waals surface area contributed by atoms with Crippen molar-refractivity contribution in [2.45, 2.75) is 25.4 Å². The minimum atomic E-state index is 0. The van der Waals surface area contributed by atoms with Crippen molar-refractivity contribution < 1.29 is 18.6 Å². The monoisotopic (exact) mass is 501 g/mol. The van der Waals surface area contributed by atoms with E-state index in [-0.39, 0.29) is 30.1 Å². The molecule has 0 aliphatic carbocycles. The Labute approximate surface area is 182 Å². The first-order chi connectivity index (χ1) is 13.3. The van der Waals surface area contributed by atoms with Crippen LogP contribution >= 0.6 is 24.0 Å². The molecule has 0 amide bonds. The molecule has 0 bridgehead atoms. The standard InChI is InChI=1S/C20H27N3O4.HI/c1-24-18-8-7-15(13-19(18)25-2)23-20(22-14-17-6-4-12-27-17)21-10-9-16-5-3-11-26-16;/h3,5,7-8,11,13,17H,4,6,9-10,12,14H2,1-2H3,(H2,21,22,23);1H. The number of rotatable bonds is 8. The van der Waals surface area contributed by atoms with Crippen molar-refractivity contribution in [3.63, 3.8) is 0 Å². The normalized spacial score (nSPS) is 16.4. The largest absolute Gasteiger partial charge is 0.493 e. The van der Waals surface area contributed by atoms with Crippen molar-refractivity contribution in [2.24, 2.45) is 4.99 Å². The maximum Gasteiger partial charge on any atom is 0.195 e. The van der Waals surface area contributed by atoms with Gasteiger partial charge in [0.1, 0.15) is 5.76 Å². The molecule has 0 saturated carbocycles. The van der Waals surface area contributed by atoms with E-state index in [1.807, 2.05) is 30.3 Å². The first-order valence-corrected chi connectivity index (χ1v) is 9.20. The maximum atomic E-state index is 5.67. The number of guanidine groups is 1. The summed E-state index contributed by atoms with van der Waals surface area (Å²) in [4.78, 5) is 4.68. The Morgan fingerprint density at radius 3 is 2.75 bits per heavy atom. The minimum absolute atomic E-state index is 0. The van der Waals surface area contributed by atoms with Crippen LogP contribution in [0.5, 0.6) is 11.5 Å². The zero-order chi connectivity index (χ0) is 18.9. The molecule has 2 N–H and O–H groups in total. The Balaban J connectivity index is 0.00000280. The molecule has 1 aromatic carbocycles. The average Bonchev–Trinajstić information content (AvgIpc) is 3.40. The smallest absolute Gasteiger partial charge is 0.195 e. The van der Waals surface area contributed by atoms with Crippen LogP contribution in [-0.2, 0) is 11.2 Å². The van der Waals surface area contributed by atoms with Crippen LogP contribution in [0.3, 0.4) is 0 Å². The molecule has 8 heteroatoms. The van der Waals surface area contributed by atoms with E-state index in [9.17, 15) is 0 Å². The van der Waals surface area contributed by atoms with Gasteiger partial charge in [0.25, 0.3) is 0 Å². The second-order valence-electron chi connectivity index (χ2n) is 6.28. The molecule has 154 valence electrons. The molecule has 1 aliphatic heterocycles. The van der Waals surface area contributed by atoms with E-state index < -0.39 is 0 Å². The average molecular weight is 501 g/mol. The molecule has 1 saturated heterocycles. The number of ether oxygens (including phenoxy) is 3. The highest BCUT2D eigenvalue weighted by atomic mass is 127. The quantitative estimate of drug-likeness (QED) is 0.327. The lowest BCUT2D eigenvalue weighted by Crippen LogP contribution is -2.33. The fourth-order valence-corrected chi connectivity index (χ4v) is 2.93. The van der Waals surface area contributed by atoms with Crippen LogP contribution in [0, 0.1) is 0 Å². The van der Waals surface area contributed by atoms with Crippen molar-refractivity contribution in [3.8, 4) is 11.5 Å². The fraction of sp³-hybridized carbons (Fsp3) is 0.450. The van der Waals surface area contributed by atoms with Crippen molar-refractivity contribution in [1.82, 2.24) is 5.32 Å². The Kier molecular flexibility index (Phi) is 9.42. The third-order valence-corrected chi connectivity index (χ3v) is 4.37. The van der Waals surface area contributed by atoms with E-state index in [2.05, 4.69) is 15.6 Å². The molecular formula is C20H28IN3O4. The highest BCUT2D eigenvalue weighted by Crippen LogP contribution is 2.29. The third-order valence-electron chi connectivity index (χ3n) is 4.37. The summed E-state index contributed by atoms with van der Waals surface area (Å²) in [5, 5.41) is 6.67. The summed E-state index contributed by atoms with van der Waals surface area (Å²) in [6.07, 6.45) is 4.81. The second-order valence-corrected chi connectivity index (χ2v) is 6.28. The number of aliphatic imine (C=N–C) groups is 1. The number of methoxy groups -OCH3 is 2. The first-order valence-electron chi connectivity index (χ1n) is 9.20. The minimum Gasteiger partial charge on any atom is -0.493 e. The molecule has 0 radical (unpaired) electrons. The first kappa shape index (κ1) is 22.4. The summed E-state index contributed by atoms with van der Waals surface area (Å²) in [6.45, 7) is 2.16. The van der Waals surface area contributed by atoms with E-state index >= 15 is 0 Å². The molecule has 1 atom stereocenters. The summed E-state index contributed by atoms with van der Waals surface area (Å²) in [5.41, 5.74) is 0.865. The van der Waals surface area contributed by atoms with Gasteiger partial charge in [-0.05, 0) is 37.1 Å². The summed E-state index contributed by atoms with van der Waals surface area (Å²) >= 11 is 0. The second kappa shape index (κ2) is 11.8. The van der Waals surface area contributed by atoms with E-state index in [1.54, 1.807) is 20.5 Å². The van der Waals surface area contributed by atoms with Gasteiger partial charge in [-0.1, -0.05) is 0 Å². The highest BCUT2D eigenvalue weighted by molar-refractivity contribution is 14.0. The molecule has 2 heterocycles. The van der Waals surface area contributed by atoms with E-state index in [1.165, 1.54) is 0 Å². The highest BCUT2D eigenvalue weighted by Gasteiger charge is 2.15. The van der Waals surface area contributed by atoms with Crippen LogP contribution in [0.25, 0.3) is 0 Å². The van der Waals surface area contributed by atoms with Gasteiger partial charge in [-0.3, -0.25) is 4.99 Å². The zero-order valence-corrected chi connectivity index (χ0v) is 18.6. The van der Waals surface area contributed by atoms with Crippen LogP contribution in [0.2, 0.25) is 0 Å². The van der Waals surface area contributed by atoms with Crippen LogP contribution in [0.15, 0.2) is 46.0 Å². The van der Waals surface area contributed by atoms with Gasteiger partial charge in [-0.2, -0.15) is 0 Å². The number of halogens is 1. The SMILES string of the molecule is COc1ccc(NC(=NCC2CCCO2)NCCc2ccco2)cc1OC.I. The lowest BCUT2D eigenvalue weighted by atomic mass is 10.2. The lowest BCUT2D eigenvalue weighted by molar-refractivity contribution is 0.118. The van der Waals surface area contributed by atoms with E-state index in [0.29, 0.717) is 30.5 Å². The van der Waals surface area contributed by atoms with Crippen molar-refractivity contribution in [2.75, 3.05) is 39.2 Å². The van der Waals surface area contributed by atoms with Gasteiger partial charge in [-0.25, -0.2) is 0 Å². The predicted octanol–water partition coefficient (Wildman–Crippen LogP) is 3.69. The van der Waals surface area contributed by atoms with Gasteiger partial charge in [0.05, 0.1) is 33.1 Å². The molecule has 1 aromatic heterocycles. The molecule has 1 aliphatic rings. The fourth-order valence-electron chi connectivity index (χ4n) is 2.93. The number of anilines is 1. The summed E-state index contributed by atoms with van der Waals surface area (Å²) in [5.74, 6) is 2.99. The van der Waals surface area contributed by atoms with Gasteiger partial charge in [0, 0.05) is 31.3 Å². The van der Waals surface area contributed by atoms with Crippen LogP contribution in [-0.4, -0.2) is 46.0 Å². The van der Waals surface area contributed by atoms with Crippen molar-refractivity contribution in [3.05, 3.63) is 42.4 Å². The number of benzene rings is 1. The van der Waals surface area contributed by atoms with Crippen LogP contribution in [0.1, 0.15) is 18.6 Å². The molecule has 1 fully saturated rings. The maximum absolute atomic E-state index is 5.67. The van der Waals surface area contributed by atoms with Crippen molar-refractivity contribution >= 4 is 35.6 Å². The van der Waals surface area contributed by atoms with Crippen LogP contribution < -0.4 is 20.1 Å².